The minimum absolute atomic E-state index is 0.0169. The minimum atomic E-state index is -3.87. The Morgan fingerprint density at radius 1 is 1.18 bits per heavy atom. The second-order valence-corrected chi connectivity index (χ2v) is 6.76. The summed E-state index contributed by atoms with van der Waals surface area (Å²) in [5.74, 6) is -0.0176. The second kappa shape index (κ2) is 5.69. The molecule has 0 amide bonds. The van der Waals surface area contributed by atoms with E-state index in [1.54, 1.807) is 11.8 Å². The van der Waals surface area contributed by atoms with Gasteiger partial charge in [-0.05, 0) is 24.3 Å². The normalized spacial score (nSPS) is 16.0. The van der Waals surface area contributed by atoms with E-state index < -0.39 is 15.7 Å². The van der Waals surface area contributed by atoms with Crippen molar-refractivity contribution in [2.75, 3.05) is 31.2 Å². The highest BCUT2D eigenvalue weighted by Gasteiger charge is 2.30. The molecule has 0 atom stereocenters. The Morgan fingerprint density at radius 3 is 2.45 bits per heavy atom. The van der Waals surface area contributed by atoms with Gasteiger partial charge in [0, 0.05) is 20.0 Å². The number of benzene rings is 1. The minimum Gasteiger partial charge on any atom is -0.424 e. The molecule has 22 heavy (non-hydrogen) atoms. The molecule has 0 unspecified atom stereocenters. The van der Waals surface area contributed by atoms with E-state index in [1.807, 2.05) is 0 Å². The fraction of sp³-hybridized carbons (Fsp3) is 0.357. The van der Waals surface area contributed by atoms with Gasteiger partial charge in [-0.15, -0.1) is 0 Å². The molecule has 8 heteroatoms. The van der Waals surface area contributed by atoms with E-state index in [-0.39, 0.29) is 21.7 Å². The topological polar surface area (TPSA) is 72.6 Å². The van der Waals surface area contributed by atoms with Crippen LogP contribution in [-0.4, -0.2) is 39.7 Å². The molecule has 1 aromatic heterocycles. The Kier molecular flexibility index (Phi) is 3.88. The monoisotopic (exact) mass is 326 g/mol. The molecule has 3 rings (SSSR count). The van der Waals surface area contributed by atoms with E-state index >= 15 is 0 Å². The van der Waals surface area contributed by atoms with Crippen LogP contribution in [0.4, 0.5) is 10.3 Å². The van der Waals surface area contributed by atoms with Crippen LogP contribution in [0.5, 0.6) is 0 Å². The Labute approximate surface area is 127 Å². The molecule has 2 aromatic rings. The van der Waals surface area contributed by atoms with E-state index in [9.17, 15) is 12.8 Å². The van der Waals surface area contributed by atoms with Gasteiger partial charge in [-0.3, -0.25) is 0 Å². The Hall–Kier alpha value is -1.93. The molecule has 1 aromatic carbocycles. The Morgan fingerprint density at radius 2 is 1.82 bits per heavy atom. The summed E-state index contributed by atoms with van der Waals surface area (Å²) in [7, 11) is -3.87. The zero-order valence-electron chi connectivity index (χ0n) is 12.0. The van der Waals surface area contributed by atoms with Crippen molar-refractivity contribution in [3.05, 3.63) is 36.0 Å². The van der Waals surface area contributed by atoms with Crippen LogP contribution in [0, 0.1) is 12.7 Å². The highest BCUT2D eigenvalue weighted by atomic mass is 32.2. The molecule has 1 aliphatic heterocycles. The van der Waals surface area contributed by atoms with Crippen LogP contribution in [0.3, 0.4) is 0 Å². The smallest absolute Gasteiger partial charge is 0.236 e. The van der Waals surface area contributed by atoms with Crippen molar-refractivity contribution in [3.63, 3.8) is 0 Å². The van der Waals surface area contributed by atoms with Crippen LogP contribution in [0.2, 0.25) is 0 Å². The number of ether oxygens (including phenoxy) is 1. The third-order valence-corrected chi connectivity index (χ3v) is 5.03. The highest BCUT2D eigenvalue weighted by molar-refractivity contribution is 7.91. The van der Waals surface area contributed by atoms with Crippen LogP contribution in [-0.2, 0) is 14.6 Å². The lowest BCUT2D eigenvalue weighted by molar-refractivity contribution is 0.120. The molecule has 0 N–H and O–H groups in total. The molecule has 0 radical (unpaired) electrons. The summed E-state index contributed by atoms with van der Waals surface area (Å²) in [5.41, 5.74) is 0. The number of morpholine rings is 1. The van der Waals surface area contributed by atoms with Gasteiger partial charge in [0.15, 0.2) is 5.89 Å². The molecule has 1 fully saturated rings. The first-order valence-corrected chi connectivity index (χ1v) is 8.27. The fourth-order valence-electron chi connectivity index (χ4n) is 2.26. The first-order chi connectivity index (χ1) is 10.5. The standard InChI is InChI=1S/C14H15FN2O4S/c1-10-16-13(14(21-10)17-6-8-20-9-7-17)22(18,19)12-4-2-11(15)3-5-12/h2-5H,6-9H2,1H3. The number of hydrogen-bond acceptors (Lipinski definition) is 6. The Balaban J connectivity index is 2.05. The molecule has 0 bridgehead atoms. The number of aryl methyl sites for hydroxylation is 1. The zero-order valence-corrected chi connectivity index (χ0v) is 12.8. The van der Waals surface area contributed by atoms with Crippen molar-refractivity contribution >= 4 is 15.7 Å². The summed E-state index contributed by atoms with van der Waals surface area (Å²) < 4.78 is 49.2. The number of anilines is 1. The molecule has 1 aliphatic rings. The number of oxazole rings is 1. The molecule has 0 spiro atoms. The van der Waals surface area contributed by atoms with Crippen molar-refractivity contribution in [3.8, 4) is 0 Å². The van der Waals surface area contributed by atoms with Gasteiger partial charge in [0.05, 0.1) is 18.1 Å². The summed E-state index contributed by atoms with van der Waals surface area (Å²) in [6, 6.07) is 4.65. The largest absolute Gasteiger partial charge is 0.424 e. The number of nitrogens with zero attached hydrogens (tertiary/aromatic N) is 2. The summed E-state index contributed by atoms with van der Waals surface area (Å²) >= 11 is 0. The molecule has 6 nitrogen and oxygen atoms in total. The lowest BCUT2D eigenvalue weighted by atomic mass is 10.4. The lowest BCUT2D eigenvalue weighted by Gasteiger charge is -2.26. The first kappa shape index (κ1) is 15.0. The van der Waals surface area contributed by atoms with Gasteiger partial charge in [0.25, 0.3) is 0 Å². The van der Waals surface area contributed by atoms with Gasteiger partial charge in [-0.2, -0.15) is 4.98 Å². The van der Waals surface area contributed by atoms with E-state index in [4.69, 9.17) is 9.15 Å². The molecular formula is C14H15FN2O4S. The van der Waals surface area contributed by atoms with Gasteiger partial charge in [0.1, 0.15) is 5.82 Å². The van der Waals surface area contributed by atoms with Gasteiger partial charge < -0.3 is 14.1 Å². The van der Waals surface area contributed by atoms with Gasteiger partial charge in [-0.25, -0.2) is 12.8 Å². The van der Waals surface area contributed by atoms with Gasteiger partial charge in [0.2, 0.25) is 20.7 Å². The van der Waals surface area contributed by atoms with E-state index in [1.165, 1.54) is 12.1 Å². The number of halogens is 1. The average Bonchev–Trinajstić information content (AvgIpc) is 2.91. The molecule has 0 aliphatic carbocycles. The zero-order chi connectivity index (χ0) is 15.7. The maximum absolute atomic E-state index is 13.0. The summed E-state index contributed by atoms with van der Waals surface area (Å²) in [6.07, 6.45) is 0. The third kappa shape index (κ3) is 2.71. The number of aromatic nitrogens is 1. The van der Waals surface area contributed by atoms with Crippen molar-refractivity contribution in [2.45, 2.75) is 16.8 Å². The highest BCUT2D eigenvalue weighted by Crippen LogP contribution is 2.31. The van der Waals surface area contributed by atoms with Crippen LogP contribution < -0.4 is 4.90 Å². The van der Waals surface area contributed by atoms with Crippen molar-refractivity contribution in [2.24, 2.45) is 0 Å². The number of rotatable bonds is 3. The molecule has 1 saturated heterocycles. The third-order valence-electron chi connectivity index (χ3n) is 3.36. The lowest BCUT2D eigenvalue weighted by Crippen LogP contribution is -2.36. The van der Waals surface area contributed by atoms with Crippen LogP contribution in [0.15, 0.2) is 38.6 Å². The van der Waals surface area contributed by atoms with Crippen LogP contribution >= 0.6 is 0 Å². The Bertz CT molecular complexity index is 765. The molecule has 2 heterocycles. The quantitative estimate of drug-likeness (QED) is 0.801. The maximum Gasteiger partial charge on any atom is 0.236 e. The summed E-state index contributed by atoms with van der Waals surface area (Å²) in [6.45, 7) is 3.64. The predicted octanol–water partition coefficient (Wildman–Crippen LogP) is 1.79. The summed E-state index contributed by atoms with van der Waals surface area (Å²) in [5, 5.41) is -0.140. The molecular weight excluding hydrogens is 311 g/mol. The van der Waals surface area contributed by atoms with Gasteiger partial charge in [-0.1, -0.05) is 0 Å². The van der Waals surface area contributed by atoms with E-state index in [0.717, 1.165) is 12.1 Å². The van der Waals surface area contributed by atoms with E-state index in [2.05, 4.69) is 4.98 Å². The first-order valence-electron chi connectivity index (χ1n) is 6.79. The number of hydrogen-bond donors (Lipinski definition) is 0. The van der Waals surface area contributed by atoms with Crippen molar-refractivity contribution in [1.82, 2.24) is 4.98 Å². The number of sulfone groups is 1. The maximum atomic E-state index is 13.0. The predicted molar refractivity (Wildman–Crippen MR) is 76.1 cm³/mol. The van der Waals surface area contributed by atoms with Crippen LogP contribution in [0.25, 0.3) is 0 Å². The fourth-order valence-corrected chi connectivity index (χ4v) is 3.63. The summed E-state index contributed by atoms with van der Waals surface area (Å²) in [4.78, 5) is 5.80. The van der Waals surface area contributed by atoms with E-state index in [0.29, 0.717) is 26.3 Å². The van der Waals surface area contributed by atoms with Crippen molar-refractivity contribution in [1.29, 1.82) is 0 Å². The molecule has 118 valence electrons. The SMILES string of the molecule is Cc1nc(S(=O)(=O)c2ccc(F)cc2)c(N2CCOCC2)o1. The molecule has 0 saturated carbocycles. The van der Waals surface area contributed by atoms with Crippen molar-refractivity contribution < 1.29 is 22.0 Å². The van der Waals surface area contributed by atoms with Gasteiger partial charge >= 0.3 is 0 Å². The second-order valence-electron chi connectivity index (χ2n) is 4.90. The van der Waals surface area contributed by atoms with Crippen LogP contribution in [0.1, 0.15) is 5.89 Å². The average molecular weight is 326 g/mol.